The van der Waals surface area contributed by atoms with E-state index in [1.54, 1.807) is 30.3 Å². The summed E-state index contributed by atoms with van der Waals surface area (Å²) in [7, 11) is 0. The Morgan fingerprint density at radius 2 is 1.62 bits per heavy atom. The maximum Gasteiger partial charge on any atom is 0.256 e. The fourth-order valence-corrected chi connectivity index (χ4v) is 2.41. The molecule has 0 unspecified atom stereocenters. The summed E-state index contributed by atoms with van der Waals surface area (Å²) in [4.78, 5) is 23.2. The van der Waals surface area contributed by atoms with E-state index in [-0.39, 0.29) is 12.5 Å². The van der Waals surface area contributed by atoms with Crippen molar-refractivity contribution in [1.82, 2.24) is 0 Å². The van der Waals surface area contributed by atoms with Crippen LogP contribution >= 0.6 is 0 Å². The number of benzene rings is 3. The molecule has 120 valence electrons. The van der Waals surface area contributed by atoms with Gasteiger partial charge in [0.25, 0.3) is 11.8 Å². The van der Waals surface area contributed by atoms with Gasteiger partial charge in [-0.1, -0.05) is 36.4 Å². The number of carbonyl (C=O) groups is 2. The summed E-state index contributed by atoms with van der Waals surface area (Å²) in [6, 6.07) is 20.1. The van der Waals surface area contributed by atoms with Crippen molar-refractivity contribution in [2.24, 2.45) is 5.73 Å². The van der Waals surface area contributed by atoms with Crippen LogP contribution in [0.5, 0.6) is 5.75 Å². The van der Waals surface area contributed by atoms with Crippen LogP contribution in [0.15, 0.2) is 66.7 Å². The summed E-state index contributed by atoms with van der Waals surface area (Å²) in [6.07, 6.45) is 0. The van der Waals surface area contributed by atoms with E-state index in [1.165, 1.54) is 0 Å². The summed E-state index contributed by atoms with van der Waals surface area (Å²) in [5.41, 5.74) is 6.28. The lowest BCUT2D eigenvalue weighted by Crippen LogP contribution is -2.20. The van der Waals surface area contributed by atoms with Gasteiger partial charge in [0.05, 0.1) is 0 Å². The second kappa shape index (κ2) is 6.83. The van der Waals surface area contributed by atoms with Gasteiger partial charge in [0.1, 0.15) is 5.75 Å². The highest BCUT2D eigenvalue weighted by Gasteiger charge is 2.10. The standard InChI is InChI=1S/C19H16N2O3/c20-18(22)12-24-15-10-8-14(9-11-15)21-19(23)17-7-3-5-13-4-1-2-6-16(13)17/h1-11H,12H2,(H2,20,22)(H,21,23). The first-order chi connectivity index (χ1) is 11.6. The summed E-state index contributed by atoms with van der Waals surface area (Å²) in [5, 5.41) is 4.77. The first-order valence-corrected chi connectivity index (χ1v) is 7.44. The highest BCUT2D eigenvalue weighted by atomic mass is 16.5. The maximum atomic E-state index is 12.5. The Bertz CT molecular complexity index is 883. The molecule has 0 saturated carbocycles. The number of rotatable bonds is 5. The predicted octanol–water partition coefficient (Wildman–Crippen LogP) is 2.96. The summed E-state index contributed by atoms with van der Waals surface area (Å²) < 4.78 is 5.18. The molecule has 3 N–H and O–H groups in total. The minimum Gasteiger partial charge on any atom is -0.484 e. The van der Waals surface area contributed by atoms with Crippen LogP contribution in [0, 0.1) is 0 Å². The molecule has 0 aliphatic rings. The number of ether oxygens (including phenoxy) is 1. The van der Waals surface area contributed by atoms with Crippen LogP contribution < -0.4 is 15.8 Å². The Hall–Kier alpha value is -3.34. The van der Waals surface area contributed by atoms with Gasteiger partial charge in [0, 0.05) is 11.3 Å². The molecule has 3 aromatic rings. The number of nitrogens with two attached hydrogens (primary N) is 1. The number of anilines is 1. The van der Waals surface area contributed by atoms with E-state index < -0.39 is 5.91 Å². The number of hydrogen-bond acceptors (Lipinski definition) is 3. The van der Waals surface area contributed by atoms with Gasteiger partial charge in [0.2, 0.25) is 0 Å². The van der Waals surface area contributed by atoms with Gasteiger partial charge in [-0.25, -0.2) is 0 Å². The molecular weight excluding hydrogens is 304 g/mol. The van der Waals surface area contributed by atoms with Crippen molar-refractivity contribution in [1.29, 1.82) is 0 Å². The van der Waals surface area contributed by atoms with Gasteiger partial charge < -0.3 is 15.8 Å². The summed E-state index contributed by atoms with van der Waals surface area (Å²) >= 11 is 0. The molecule has 0 aromatic heterocycles. The van der Waals surface area contributed by atoms with Crippen molar-refractivity contribution >= 4 is 28.3 Å². The lowest BCUT2D eigenvalue weighted by Gasteiger charge is -2.09. The van der Waals surface area contributed by atoms with Crippen molar-refractivity contribution in [3.05, 3.63) is 72.3 Å². The number of hydrogen-bond donors (Lipinski definition) is 2. The van der Waals surface area contributed by atoms with Gasteiger partial charge in [-0.15, -0.1) is 0 Å². The number of carbonyl (C=O) groups excluding carboxylic acids is 2. The van der Waals surface area contributed by atoms with Crippen molar-refractivity contribution in [2.45, 2.75) is 0 Å². The first kappa shape index (κ1) is 15.6. The molecule has 0 radical (unpaired) electrons. The van der Waals surface area contributed by atoms with Crippen molar-refractivity contribution in [2.75, 3.05) is 11.9 Å². The Morgan fingerprint density at radius 1 is 0.917 bits per heavy atom. The van der Waals surface area contributed by atoms with Crippen LogP contribution in [0.1, 0.15) is 10.4 Å². The van der Waals surface area contributed by atoms with Crippen LogP contribution in [0.2, 0.25) is 0 Å². The van der Waals surface area contributed by atoms with Crippen LogP contribution in [0.25, 0.3) is 10.8 Å². The van der Waals surface area contributed by atoms with Gasteiger partial charge in [-0.2, -0.15) is 0 Å². The van der Waals surface area contributed by atoms with E-state index in [0.29, 0.717) is 17.0 Å². The molecule has 0 saturated heterocycles. The zero-order valence-electron chi connectivity index (χ0n) is 12.9. The molecular formula is C19H16N2O3. The minimum absolute atomic E-state index is 0.179. The van der Waals surface area contributed by atoms with Gasteiger partial charge >= 0.3 is 0 Å². The number of fused-ring (bicyclic) bond motifs is 1. The van der Waals surface area contributed by atoms with Crippen LogP contribution in [-0.2, 0) is 4.79 Å². The SMILES string of the molecule is NC(=O)COc1ccc(NC(=O)c2cccc3ccccc23)cc1. The summed E-state index contributed by atoms with van der Waals surface area (Å²) in [5.74, 6) is -0.210. The second-order valence-electron chi connectivity index (χ2n) is 5.26. The molecule has 0 spiro atoms. The topological polar surface area (TPSA) is 81.4 Å². The third-order valence-corrected chi connectivity index (χ3v) is 3.53. The Kier molecular flexibility index (Phi) is 4.43. The zero-order valence-corrected chi connectivity index (χ0v) is 12.9. The van der Waals surface area contributed by atoms with Gasteiger partial charge in [0.15, 0.2) is 6.61 Å². The van der Waals surface area contributed by atoms with E-state index in [4.69, 9.17) is 10.5 Å². The largest absolute Gasteiger partial charge is 0.484 e. The van der Waals surface area contributed by atoms with Crippen LogP contribution in [-0.4, -0.2) is 18.4 Å². The Labute approximate surface area is 139 Å². The molecule has 5 heteroatoms. The lowest BCUT2D eigenvalue weighted by molar-refractivity contribution is -0.119. The predicted molar refractivity (Wildman–Crippen MR) is 93.0 cm³/mol. The highest BCUT2D eigenvalue weighted by Crippen LogP contribution is 2.21. The number of amides is 2. The molecule has 24 heavy (non-hydrogen) atoms. The van der Waals surface area contributed by atoms with Crippen LogP contribution in [0.3, 0.4) is 0 Å². The van der Waals surface area contributed by atoms with E-state index in [1.807, 2.05) is 36.4 Å². The fourth-order valence-electron chi connectivity index (χ4n) is 2.41. The molecule has 2 amide bonds. The Morgan fingerprint density at radius 3 is 2.38 bits per heavy atom. The second-order valence-corrected chi connectivity index (χ2v) is 5.26. The molecule has 3 rings (SSSR count). The van der Waals surface area contributed by atoms with E-state index in [0.717, 1.165) is 10.8 Å². The highest BCUT2D eigenvalue weighted by molar-refractivity contribution is 6.12. The van der Waals surface area contributed by atoms with Crippen molar-refractivity contribution < 1.29 is 14.3 Å². The summed E-state index contributed by atoms with van der Waals surface area (Å²) in [6.45, 7) is -0.179. The van der Waals surface area contributed by atoms with Crippen molar-refractivity contribution in [3.8, 4) is 5.75 Å². The molecule has 0 aliphatic carbocycles. The van der Waals surface area contributed by atoms with Gasteiger partial charge in [-0.05, 0) is 41.1 Å². The molecule has 0 fully saturated rings. The number of nitrogens with one attached hydrogen (secondary N) is 1. The van der Waals surface area contributed by atoms with Crippen LogP contribution in [0.4, 0.5) is 5.69 Å². The third kappa shape index (κ3) is 3.52. The first-order valence-electron chi connectivity index (χ1n) is 7.44. The average molecular weight is 320 g/mol. The third-order valence-electron chi connectivity index (χ3n) is 3.53. The smallest absolute Gasteiger partial charge is 0.256 e. The molecule has 0 atom stereocenters. The van der Waals surface area contributed by atoms with Crippen molar-refractivity contribution in [3.63, 3.8) is 0 Å². The molecule has 0 aliphatic heterocycles. The Balaban J connectivity index is 1.75. The van der Waals surface area contributed by atoms with E-state index in [2.05, 4.69) is 5.32 Å². The average Bonchev–Trinajstić information content (AvgIpc) is 2.60. The lowest BCUT2D eigenvalue weighted by atomic mass is 10.0. The number of primary amides is 1. The quantitative estimate of drug-likeness (QED) is 0.758. The monoisotopic (exact) mass is 320 g/mol. The maximum absolute atomic E-state index is 12.5. The zero-order chi connectivity index (χ0) is 16.9. The molecule has 0 heterocycles. The fraction of sp³-hybridized carbons (Fsp3) is 0.0526. The van der Waals surface area contributed by atoms with E-state index in [9.17, 15) is 9.59 Å². The van der Waals surface area contributed by atoms with E-state index >= 15 is 0 Å². The normalized spacial score (nSPS) is 10.3. The molecule has 5 nitrogen and oxygen atoms in total. The molecule has 0 bridgehead atoms. The van der Waals surface area contributed by atoms with Gasteiger partial charge in [-0.3, -0.25) is 9.59 Å². The molecule has 3 aromatic carbocycles. The minimum atomic E-state index is -0.539.